The molecule has 0 bridgehead atoms. The second-order valence-corrected chi connectivity index (χ2v) is 3.42. The lowest BCUT2D eigenvalue weighted by atomic mass is 10.2. The van der Waals surface area contributed by atoms with Gasteiger partial charge in [0.1, 0.15) is 5.56 Å². The Hall–Kier alpha value is -1.57. The van der Waals surface area contributed by atoms with E-state index in [1.807, 2.05) is 0 Å². The van der Waals surface area contributed by atoms with Crippen LogP contribution in [0.15, 0.2) is 12.3 Å². The SMILES string of the molecule is COc1ncc(NC(=O)C(C)N)cc1C(N)=O.Cl.Cl. The lowest BCUT2D eigenvalue weighted by molar-refractivity contribution is -0.117. The maximum Gasteiger partial charge on any atom is 0.254 e. The standard InChI is InChI=1S/C10H14N4O3.2ClH/c1-5(11)9(16)14-6-3-7(8(12)15)10(17-2)13-4-6;;/h3-5H,11H2,1-2H3,(H2,12,15)(H,14,16);2*1H. The third kappa shape index (κ3) is 5.29. The predicted octanol–water partition coefficient (Wildman–Crippen LogP) is 0.318. The van der Waals surface area contributed by atoms with Crippen LogP contribution < -0.4 is 21.5 Å². The van der Waals surface area contributed by atoms with E-state index in [4.69, 9.17) is 16.2 Å². The maximum absolute atomic E-state index is 11.3. The topological polar surface area (TPSA) is 120 Å². The van der Waals surface area contributed by atoms with E-state index in [1.54, 1.807) is 6.92 Å². The highest BCUT2D eigenvalue weighted by Gasteiger charge is 2.13. The quantitative estimate of drug-likeness (QED) is 0.739. The molecule has 2 amide bonds. The van der Waals surface area contributed by atoms with Gasteiger partial charge in [-0.15, -0.1) is 24.8 Å². The van der Waals surface area contributed by atoms with Gasteiger partial charge in [0.25, 0.3) is 5.91 Å². The van der Waals surface area contributed by atoms with Crippen LogP contribution in [0.5, 0.6) is 5.88 Å². The Kier molecular flexibility index (Phi) is 8.86. The van der Waals surface area contributed by atoms with E-state index in [0.717, 1.165) is 0 Å². The molecular weight excluding hydrogens is 295 g/mol. The fourth-order valence-electron chi connectivity index (χ4n) is 1.12. The van der Waals surface area contributed by atoms with Crippen LogP contribution in [-0.2, 0) is 4.79 Å². The first-order chi connectivity index (χ1) is 7.95. The van der Waals surface area contributed by atoms with Gasteiger partial charge in [-0.2, -0.15) is 0 Å². The van der Waals surface area contributed by atoms with Gasteiger partial charge in [-0.05, 0) is 13.0 Å². The van der Waals surface area contributed by atoms with E-state index in [1.165, 1.54) is 19.4 Å². The predicted molar refractivity (Wildman–Crippen MR) is 76.1 cm³/mol. The van der Waals surface area contributed by atoms with Gasteiger partial charge < -0.3 is 21.5 Å². The van der Waals surface area contributed by atoms with Crippen molar-refractivity contribution < 1.29 is 14.3 Å². The van der Waals surface area contributed by atoms with Crippen LogP contribution >= 0.6 is 24.8 Å². The number of carbonyl (C=O) groups is 2. The molecule has 0 saturated carbocycles. The third-order valence-corrected chi connectivity index (χ3v) is 1.99. The number of carbonyl (C=O) groups excluding carboxylic acids is 2. The molecule has 108 valence electrons. The zero-order chi connectivity index (χ0) is 13.0. The summed E-state index contributed by atoms with van der Waals surface area (Å²) in [6.45, 7) is 1.54. The number of nitrogens with two attached hydrogens (primary N) is 2. The van der Waals surface area contributed by atoms with E-state index < -0.39 is 11.9 Å². The van der Waals surface area contributed by atoms with Crippen LogP contribution in [0.4, 0.5) is 5.69 Å². The summed E-state index contributed by atoms with van der Waals surface area (Å²) in [4.78, 5) is 26.3. The van der Waals surface area contributed by atoms with Crippen molar-refractivity contribution >= 4 is 42.3 Å². The summed E-state index contributed by atoms with van der Waals surface area (Å²) in [6.07, 6.45) is 1.35. The number of hydrogen-bond donors (Lipinski definition) is 3. The monoisotopic (exact) mass is 310 g/mol. The first-order valence-electron chi connectivity index (χ1n) is 4.86. The molecule has 19 heavy (non-hydrogen) atoms. The molecule has 0 radical (unpaired) electrons. The molecule has 0 aliphatic heterocycles. The normalized spacial score (nSPS) is 10.5. The van der Waals surface area contributed by atoms with Gasteiger partial charge >= 0.3 is 0 Å². The Labute approximate surface area is 122 Å². The molecule has 1 aromatic rings. The van der Waals surface area contributed by atoms with Gasteiger partial charge in [-0.1, -0.05) is 0 Å². The van der Waals surface area contributed by atoms with Gasteiger partial charge in [-0.3, -0.25) is 9.59 Å². The Balaban J connectivity index is 0. The molecule has 0 aromatic carbocycles. The molecule has 0 aliphatic carbocycles. The molecular formula is C10H16Cl2N4O3. The summed E-state index contributed by atoms with van der Waals surface area (Å²) in [5.74, 6) is -0.963. The highest BCUT2D eigenvalue weighted by Crippen LogP contribution is 2.18. The van der Waals surface area contributed by atoms with E-state index in [9.17, 15) is 9.59 Å². The van der Waals surface area contributed by atoms with Gasteiger partial charge in [0.05, 0.1) is 25.0 Å². The van der Waals surface area contributed by atoms with Gasteiger partial charge in [0.2, 0.25) is 11.8 Å². The third-order valence-electron chi connectivity index (χ3n) is 1.99. The van der Waals surface area contributed by atoms with E-state index in [0.29, 0.717) is 5.69 Å². The molecule has 7 nitrogen and oxygen atoms in total. The molecule has 1 heterocycles. The number of nitrogens with zero attached hydrogens (tertiary/aromatic N) is 1. The minimum atomic E-state index is -0.689. The highest BCUT2D eigenvalue weighted by atomic mass is 35.5. The molecule has 0 spiro atoms. The molecule has 0 fully saturated rings. The number of halogens is 2. The Morgan fingerprint density at radius 3 is 2.42 bits per heavy atom. The van der Waals surface area contributed by atoms with Crippen molar-refractivity contribution in [1.29, 1.82) is 0 Å². The summed E-state index contributed by atoms with van der Waals surface area (Å²) in [7, 11) is 1.37. The van der Waals surface area contributed by atoms with Gasteiger partial charge in [-0.25, -0.2) is 4.98 Å². The number of hydrogen-bond acceptors (Lipinski definition) is 5. The summed E-state index contributed by atoms with van der Waals surface area (Å²) >= 11 is 0. The number of aromatic nitrogens is 1. The van der Waals surface area contributed by atoms with E-state index >= 15 is 0 Å². The van der Waals surface area contributed by atoms with Crippen molar-refractivity contribution in [3.63, 3.8) is 0 Å². The van der Waals surface area contributed by atoms with Crippen molar-refractivity contribution in [3.8, 4) is 5.88 Å². The summed E-state index contributed by atoms with van der Waals surface area (Å²) in [5.41, 5.74) is 11.0. The number of ether oxygens (including phenoxy) is 1. The lowest BCUT2D eigenvalue weighted by Crippen LogP contribution is -2.32. The van der Waals surface area contributed by atoms with Crippen LogP contribution in [0.1, 0.15) is 17.3 Å². The molecule has 1 atom stereocenters. The number of rotatable bonds is 4. The fraction of sp³-hybridized carbons (Fsp3) is 0.300. The largest absolute Gasteiger partial charge is 0.480 e. The minimum Gasteiger partial charge on any atom is -0.480 e. The second kappa shape index (κ2) is 8.52. The first-order valence-corrected chi connectivity index (χ1v) is 4.86. The van der Waals surface area contributed by atoms with Crippen LogP contribution in [0, 0.1) is 0 Å². The summed E-state index contributed by atoms with van der Waals surface area (Å²) < 4.78 is 4.86. The Morgan fingerprint density at radius 2 is 2.00 bits per heavy atom. The number of nitrogens with one attached hydrogen (secondary N) is 1. The number of pyridine rings is 1. The Morgan fingerprint density at radius 1 is 1.42 bits per heavy atom. The van der Waals surface area contributed by atoms with Crippen molar-refractivity contribution in [2.24, 2.45) is 11.5 Å². The fourth-order valence-corrected chi connectivity index (χ4v) is 1.12. The minimum absolute atomic E-state index is 0. The summed E-state index contributed by atoms with van der Waals surface area (Å²) in [6, 6.07) is 0.725. The maximum atomic E-state index is 11.3. The molecule has 9 heteroatoms. The van der Waals surface area contributed by atoms with Crippen LogP contribution in [0.3, 0.4) is 0 Å². The highest BCUT2D eigenvalue weighted by molar-refractivity contribution is 5.98. The second-order valence-electron chi connectivity index (χ2n) is 3.42. The molecule has 5 N–H and O–H groups in total. The average Bonchev–Trinajstić information content (AvgIpc) is 2.28. The molecule has 1 rings (SSSR count). The average molecular weight is 311 g/mol. The van der Waals surface area contributed by atoms with Crippen molar-refractivity contribution in [2.45, 2.75) is 13.0 Å². The molecule has 1 aromatic heterocycles. The van der Waals surface area contributed by atoms with Crippen LogP contribution in [0.2, 0.25) is 0 Å². The van der Waals surface area contributed by atoms with Crippen LogP contribution in [-0.4, -0.2) is 29.9 Å². The van der Waals surface area contributed by atoms with E-state index in [2.05, 4.69) is 10.3 Å². The number of amides is 2. The zero-order valence-electron chi connectivity index (χ0n) is 10.4. The molecule has 0 saturated heterocycles. The van der Waals surface area contributed by atoms with Crippen LogP contribution in [0.25, 0.3) is 0 Å². The zero-order valence-corrected chi connectivity index (χ0v) is 12.0. The molecule has 0 aliphatic rings. The molecule has 1 unspecified atom stereocenters. The smallest absolute Gasteiger partial charge is 0.254 e. The van der Waals surface area contributed by atoms with Crippen molar-refractivity contribution in [1.82, 2.24) is 4.98 Å². The van der Waals surface area contributed by atoms with Crippen molar-refractivity contribution in [3.05, 3.63) is 17.8 Å². The number of primary amides is 1. The van der Waals surface area contributed by atoms with E-state index in [-0.39, 0.29) is 42.2 Å². The first kappa shape index (κ1) is 19.8. The van der Waals surface area contributed by atoms with Gasteiger partial charge in [0.15, 0.2) is 0 Å². The number of methoxy groups -OCH3 is 1. The van der Waals surface area contributed by atoms with Crippen molar-refractivity contribution in [2.75, 3.05) is 12.4 Å². The lowest BCUT2D eigenvalue weighted by Gasteiger charge is -2.10. The Bertz CT molecular complexity index is 454. The number of anilines is 1. The van der Waals surface area contributed by atoms with Gasteiger partial charge in [0, 0.05) is 0 Å². The summed E-state index contributed by atoms with van der Waals surface area (Å²) in [5, 5.41) is 2.50.